The third-order valence-electron chi connectivity index (χ3n) is 6.59. The molecule has 12 heteroatoms. The van der Waals surface area contributed by atoms with Crippen molar-refractivity contribution < 1.29 is 9.18 Å². The molecular formula is C23H27FN10O. The second kappa shape index (κ2) is 8.95. The van der Waals surface area contributed by atoms with Gasteiger partial charge in [0, 0.05) is 49.2 Å². The Morgan fingerprint density at radius 2 is 2.17 bits per heavy atom. The van der Waals surface area contributed by atoms with E-state index in [0.29, 0.717) is 55.7 Å². The van der Waals surface area contributed by atoms with Crippen LogP contribution in [0.2, 0.25) is 0 Å². The number of anilines is 2. The van der Waals surface area contributed by atoms with Crippen LogP contribution in [-0.4, -0.2) is 60.6 Å². The van der Waals surface area contributed by atoms with E-state index in [4.69, 9.17) is 11.5 Å². The van der Waals surface area contributed by atoms with E-state index < -0.39 is 5.54 Å². The number of hydrogen-bond acceptors (Lipinski definition) is 8. The lowest BCUT2D eigenvalue weighted by Gasteiger charge is -2.27. The number of carbonyl (C=O) groups excluding carboxylic acids is 1. The molecular weight excluding hydrogens is 451 g/mol. The molecule has 1 saturated heterocycles. The molecule has 35 heavy (non-hydrogen) atoms. The molecule has 0 unspecified atom stereocenters. The van der Waals surface area contributed by atoms with Crippen molar-refractivity contribution >= 4 is 28.6 Å². The normalized spacial score (nSPS) is 17.9. The Balaban J connectivity index is 1.36. The minimum Gasteiger partial charge on any atom is -0.382 e. The van der Waals surface area contributed by atoms with Gasteiger partial charge in [-0.25, -0.2) is 24.3 Å². The van der Waals surface area contributed by atoms with Gasteiger partial charge in [-0.1, -0.05) is 0 Å². The van der Waals surface area contributed by atoms with Gasteiger partial charge in [0.2, 0.25) is 5.91 Å². The number of fused-ring (bicyclic) bond motifs is 1. The Bertz CT molecular complexity index is 1370. The van der Waals surface area contributed by atoms with E-state index >= 15 is 0 Å². The van der Waals surface area contributed by atoms with Crippen molar-refractivity contribution in [1.82, 2.24) is 34.8 Å². The first-order valence-electron chi connectivity index (χ1n) is 11.3. The summed E-state index contributed by atoms with van der Waals surface area (Å²) in [5, 5.41) is 2.94. The second-order valence-corrected chi connectivity index (χ2v) is 8.88. The Hall–Kier alpha value is -4.06. The summed E-state index contributed by atoms with van der Waals surface area (Å²) in [5.41, 5.74) is 15.5. The Morgan fingerprint density at radius 3 is 2.97 bits per heavy atom. The molecule has 11 nitrogen and oxygen atoms in total. The number of hydrogen-bond donors (Lipinski definition) is 4. The third-order valence-corrected chi connectivity index (χ3v) is 6.59. The number of nitrogens with two attached hydrogens (primary N) is 2. The number of nitrogens with one attached hydrogen (secondary N) is 2. The second-order valence-electron chi connectivity index (χ2n) is 8.88. The number of amides is 1. The summed E-state index contributed by atoms with van der Waals surface area (Å²) < 4.78 is 16.4. The zero-order valence-corrected chi connectivity index (χ0v) is 19.3. The maximum atomic E-state index is 14.6. The fourth-order valence-corrected chi connectivity index (χ4v) is 4.53. The summed E-state index contributed by atoms with van der Waals surface area (Å²) in [4.78, 5) is 34.5. The van der Waals surface area contributed by atoms with Crippen LogP contribution in [0, 0.1) is 12.7 Å². The minimum absolute atomic E-state index is 0.201. The van der Waals surface area contributed by atoms with E-state index in [1.54, 1.807) is 31.8 Å². The van der Waals surface area contributed by atoms with E-state index in [-0.39, 0.29) is 17.5 Å². The van der Waals surface area contributed by atoms with Gasteiger partial charge < -0.3 is 31.2 Å². The summed E-state index contributed by atoms with van der Waals surface area (Å²) in [6.07, 6.45) is 7.45. The number of benzene rings is 1. The van der Waals surface area contributed by atoms with Gasteiger partial charge in [0.1, 0.15) is 23.2 Å². The van der Waals surface area contributed by atoms with Crippen LogP contribution < -0.4 is 21.7 Å². The zero-order chi connectivity index (χ0) is 24.6. The predicted molar refractivity (Wildman–Crippen MR) is 129 cm³/mol. The Kier molecular flexibility index (Phi) is 5.81. The van der Waals surface area contributed by atoms with Crippen molar-refractivity contribution in [2.24, 2.45) is 5.73 Å². The molecule has 0 radical (unpaired) electrons. The molecule has 5 rings (SSSR count). The topological polar surface area (TPSA) is 157 Å². The highest BCUT2D eigenvalue weighted by molar-refractivity contribution is 5.88. The number of H-pyrrole nitrogens is 1. The van der Waals surface area contributed by atoms with Crippen LogP contribution in [0.4, 0.5) is 15.9 Å². The van der Waals surface area contributed by atoms with Crippen molar-refractivity contribution in [3.63, 3.8) is 0 Å². The number of carbonyl (C=O) groups is 1. The standard InChI is InChI=1S/C23H27FN10O/c1-14-16(9-34-13-32-19-20(25)30-12-31-21(19)34)18(3-2-17(14)24)33-7-5-23(26,10-33)22(35)28-6-4-15-8-27-11-29-15/h2-3,8,11-13H,4-7,9-10,26H2,1H3,(H,27,29)(H,28,35)(H2,25,30,31)/t23-/m1/s1. The molecule has 1 aliphatic rings. The van der Waals surface area contributed by atoms with Gasteiger partial charge in [-0.15, -0.1) is 0 Å². The molecule has 0 saturated carbocycles. The molecule has 0 spiro atoms. The van der Waals surface area contributed by atoms with Crippen molar-refractivity contribution in [2.45, 2.75) is 31.8 Å². The first kappa shape index (κ1) is 22.7. The van der Waals surface area contributed by atoms with E-state index in [9.17, 15) is 9.18 Å². The van der Waals surface area contributed by atoms with Crippen molar-refractivity contribution in [3.05, 3.63) is 59.9 Å². The number of nitrogens with zero attached hydrogens (tertiary/aromatic N) is 6. The fourth-order valence-electron chi connectivity index (χ4n) is 4.53. The van der Waals surface area contributed by atoms with E-state index in [2.05, 4.69) is 30.2 Å². The molecule has 1 amide bonds. The molecule has 0 bridgehead atoms. The van der Waals surface area contributed by atoms with Crippen LogP contribution in [0.25, 0.3) is 11.2 Å². The quantitative estimate of drug-likeness (QED) is 0.305. The third kappa shape index (κ3) is 4.28. The predicted octanol–water partition coefficient (Wildman–Crippen LogP) is 0.894. The number of nitrogen functional groups attached to an aromatic ring is 1. The molecule has 1 atom stereocenters. The van der Waals surface area contributed by atoms with Crippen LogP contribution in [0.5, 0.6) is 0 Å². The number of halogens is 1. The Labute approximate surface area is 200 Å². The van der Waals surface area contributed by atoms with E-state index in [0.717, 1.165) is 16.9 Å². The number of rotatable bonds is 7. The monoisotopic (exact) mass is 478 g/mol. The van der Waals surface area contributed by atoms with Gasteiger partial charge in [0.15, 0.2) is 11.5 Å². The molecule has 4 aromatic rings. The smallest absolute Gasteiger partial charge is 0.242 e. The van der Waals surface area contributed by atoms with Crippen LogP contribution in [0.1, 0.15) is 23.2 Å². The average molecular weight is 479 g/mol. The molecule has 4 heterocycles. The number of imidazole rings is 2. The summed E-state index contributed by atoms with van der Waals surface area (Å²) in [6, 6.07) is 3.18. The van der Waals surface area contributed by atoms with Crippen LogP contribution in [-0.2, 0) is 17.8 Å². The van der Waals surface area contributed by atoms with Gasteiger partial charge in [-0.3, -0.25) is 4.79 Å². The average Bonchev–Trinajstić information content (AvgIpc) is 3.59. The molecule has 1 aliphatic heterocycles. The summed E-state index contributed by atoms with van der Waals surface area (Å²) in [5.74, 6) is -0.222. The highest BCUT2D eigenvalue weighted by atomic mass is 19.1. The summed E-state index contributed by atoms with van der Waals surface area (Å²) >= 11 is 0. The fraction of sp³-hybridized carbons (Fsp3) is 0.348. The highest BCUT2D eigenvalue weighted by Crippen LogP contribution is 2.32. The molecule has 6 N–H and O–H groups in total. The maximum Gasteiger partial charge on any atom is 0.242 e. The highest BCUT2D eigenvalue weighted by Gasteiger charge is 2.41. The number of aromatic amines is 1. The molecule has 1 fully saturated rings. The SMILES string of the molecule is Cc1c(F)ccc(N2CC[C@](N)(C(=O)NCCc3cnc[nH]3)C2)c1Cn1cnc2c(N)ncnc21. The number of aromatic nitrogens is 6. The lowest BCUT2D eigenvalue weighted by molar-refractivity contribution is -0.125. The maximum absolute atomic E-state index is 14.6. The van der Waals surface area contributed by atoms with E-state index in [1.165, 1.54) is 12.4 Å². The molecule has 3 aromatic heterocycles. The lowest BCUT2D eigenvalue weighted by Crippen LogP contribution is -2.56. The van der Waals surface area contributed by atoms with Gasteiger partial charge in [0.05, 0.1) is 19.2 Å². The van der Waals surface area contributed by atoms with E-state index in [1.807, 2.05) is 9.47 Å². The van der Waals surface area contributed by atoms with Gasteiger partial charge in [-0.05, 0) is 31.0 Å². The van der Waals surface area contributed by atoms with Crippen LogP contribution >= 0.6 is 0 Å². The molecule has 0 aliphatic carbocycles. The first-order chi connectivity index (χ1) is 16.9. The molecule has 182 valence electrons. The first-order valence-corrected chi connectivity index (χ1v) is 11.3. The van der Waals surface area contributed by atoms with Crippen LogP contribution in [0.15, 0.2) is 37.3 Å². The lowest BCUT2D eigenvalue weighted by atomic mass is 9.99. The van der Waals surface area contributed by atoms with Crippen molar-refractivity contribution in [2.75, 3.05) is 30.3 Å². The van der Waals surface area contributed by atoms with Gasteiger partial charge in [0.25, 0.3) is 0 Å². The van der Waals surface area contributed by atoms with Crippen molar-refractivity contribution in [1.29, 1.82) is 0 Å². The summed E-state index contributed by atoms with van der Waals surface area (Å²) in [6.45, 7) is 3.42. The van der Waals surface area contributed by atoms with Gasteiger partial charge in [-0.2, -0.15) is 0 Å². The van der Waals surface area contributed by atoms with Crippen LogP contribution in [0.3, 0.4) is 0 Å². The van der Waals surface area contributed by atoms with Gasteiger partial charge >= 0.3 is 0 Å². The zero-order valence-electron chi connectivity index (χ0n) is 19.3. The largest absolute Gasteiger partial charge is 0.382 e. The van der Waals surface area contributed by atoms with Crippen molar-refractivity contribution in [3.8, 4) is 0 Å². The summed E-state index contributed by atoms with van der Waals surface area (Å²) in [7, 11) is 0. The minimum atomic E-state index is -1.04. The Morgan fingerprint density at radius 1 is 1.31 bits per heavy atom. The molecule has 1 aromatic carbocycles.